The van der Waals surface area contributed by atoms with Crippen LogP contribution in [0, 0.1) is 5.92 Å². The van der Waals surface area contributed by atoms with E-state index in [2.05, 4.69) is 261 Å². The summed E-state index contributed by atoms with van der Waals surface area (Å²) in [4.78, 5) is 0. The van der Waals surface area contributed by atoms with E-state index in [0.717, 1.165) is 29.9 Å². The number of nitrogens with zero attached hydrogens (tertiary/aromatic N) is 4. The molecule has 0 aliphatic heterocycles. The molecule has 0 bridgehead atoms. The summed E-state index contributed by atoms with van der Waals surface area (Å²) in [6.07, 6.45) is 14.1. The number of para-hydroxylation sites is 6. The molecule has 0 spiro atoms. The lowest BCUT2D eigenvalue weighted by atomic mass is 9.83. The second-order valence-corrected chi connectivity index (χ2v) is 19.2. The first-order valence-electron chi connectivity index (χ1n) is 24.6. The van der Waals surface area contributed by atoms with Gasteiger partial charge in [0.2, 0.25) is 0 Å². The minimum atomic E-state index is 0.250. The zero-order chi connectivity index (χ0) is 45.9. The summed E-state index contributed by atoms with van der Waals surface area (Å²) in [5.41, 5.74) is 18.6. The predicted octanol–water partition coefficient (Wildman–Crippen LogP) is 16.9. The molecule has 9 aromatic carbocycles. The van der Waals surface area contributed by atoms with E-state index in [4.69, 9.17) is 0 Å². The van der Waals surface area contributed by atoms with Gasteiger partial charge in [-0.15, -0.1) is 0 Å². The second kappa shape index (κ2) is 15.3. The third kappa shape index (κ3) is 5.83. The quantitative estimate of drug-likeness (QED) is 0.158. The molecule has 2 aliphatic carbocycles. The Kier molecular flexibility index (Phi) is 8.58. The highest BCUT2D eigenvalue weighted by molar-refractivity contribution is 6.12. The lowest BCUT2D eigenvalue weighted by Gasteiger charge is -2.26. The zero-order valence-electron chi connectivity index (χ0n) is 38.5. The molecule has 70 heavy (non-hydrogen) atoms. The first-order chi connectivity index (χ1) is 34.7. The summed E-state index contributed by atoms with van der Waals surface area (Å²) >= 11 is 0. The van der Waals surface area contributed by atoms with Crippen molar-refractivity contribution in [1.29, 1.82) is 0 Å². The highest BCUT2D eigenvalue weighted by Gasteiger charge is 2.27. The number of benzene rings is 9. The Morgan fingerprint density at radius 2 is 0.829 bits per heavy atom. The van der Waals surface area contributed by atoms with Crippen LogP contribution in [0.4, 0.5) is 0 Å². The molecule has 4 heterocycles. The summed E-state index contributed by atoms with van der Waals surface area (Å²) in [5, 5.41) is 8.99. The van der Waals surface area contributed by atoms with E-state index >= 15 is 0 Å². The van der Waals surface area contributed by atoms with E-state index in [1.54, 1.807) is 0 Å². The van der Waals surface area contributed by atoms with Gasteiger partial charge in [-0.2, -0.15) is 0 Å². The highest BCUT2D eigenvalue weighted by atomic mass is 15.0. The predicted molar refractivity (Wildman–Crippen MR) is 294 cm³/mol. The first-order valence-corrected chi connectivity index (χ1v) is 24.6. The molecule has 2 aliphatic rings. The van der Waals surface area contributed by atoms with Crippen LogP contribution in [0.5, 0.6) is 0 Å². The monoisotopic (exact) mass is 894 g/mol. The van der Waals surface area contributed by atoms with E-state index in [1.807, 2.05) is 0 Å². The van der Waals surface area contributed by atoms with Crippen molar-refractivity contribution in [2.24, 2.45) is 5.92 Å². The Balaban J connectivity index is 0.804. The molecular weight excluding hydrogens is 849 g/mol. The fourth-order valence-electron chi connectivity index (χ4n) is 12.4. The van der Waals surface area contributed by atoms with Gasteiger partial charge in [0.15, 0.2) is 0 Å². The molecule has 2 atom stereocenters. The molecule has 0 N–H and O–H groups in total. The summed E-state index contributed by atoms with van der Waals surface area (Å²) in [5.74, 6) is 0.281. The van der Waals surface area contributed by atoms with E-state index in [0.29, 0.717) is 0 Å². The number of hydrogen-bond acceptors (Lipinski definition) is 0. The zero-order valence-corrected chi connectivity index (χ0v) is 38.5. The van der Waals surface area contributed by atoms with Crippen LogP contribution in [0.2, 0.25) is 0 Å². The summed E-state index contributed by atoms with van der Waals surface area (Å²) in [7, 11) is 0. The van der Waals surface area contributed by atoms with Crippen molar-refractivity contribution in [2.45, 2.75) is 18.9 Å². The van der Waals surface area contributed by atoms with E-state index in [9.17, 15) is 0 Å². The molecule has 4 aromatic heterocycles. The lowest BCUT2D eigenvalue weighted by Crippen LogP contribution is -2.15. The molecule has 330 valence electrons. The van der Waals surface area contributed by atoms with Gasteiger partial charge < -0.3 is 18.3 Å². The summed E-state index contributed by atoms with van der Waals surface area (Å²) in [6.45, 7) is 0. The average Bonchev–Trinajstić information content (AvgIpc) is 4.16. The third-order valence-corrected chi connectivity index (χ3v) is 15.4. The second-order valence-electron chi connectivity index (χ2n) is 19.2. The van der Waals surface area contributed by atoms with Crippen LogP contribution in [-0.2, 0) is 6.42 Å². The molecular formula is C66H46N4. The van der Waals surface area contributed by atoms with Gasteiger partial charge in [-0.1, -0.05) is 158 Å². The van der Waals surface area contributed by atoms with Crippen molar-refractivity contribution in [2.75, 3.05) is 0 Å². The molecule has 0 fully saturated rings. The number of allylic oxidation sites excluding steroid dienone is 5. The van der Waals surface area contributed by atoms with Crippen molar-refractivity contribution in [3.63, 3.8) is 0 Å². The molecule has 4 heteroatoms. The van der Waals surface area contributed by atoms with Gasteiger partial charge in [0, 0.05) is 77.4 Å². The topological polar surface area (TPSA) is 19.7 Å². The van der Waals surface area contributed by atoms with Crippen molar-refractivity contribution in [3.05, 3.63) is 253 Å². The Bertz CT molecular complexity index is 4280. The highest BCUT2D eigenvalue weighted by Crippen LogP contribution is 2.42. The van der Waals surface area contributed by atoms with Gasteiger partial charge in [-0.05, 0) is 120 Å². The smallest absolute Gasteiger partial charge is 0.0563 e. The van der Waals surface area contributed by atoms with Gasteiger partial charge in [-0.25, -0.2) is 0 Å². The minimum Gasteiger partial charge on any atom is -0.333 e. The number of aromatic nitrogens is 4. The van der Waals surface area contributed by atoms with Crippen LogP contribution < -0.4 is 0 Å². The fourth-order valence-corrected chi connectivity index (χ4v) is 12.4. The molecule has 0 radical (unpaired) electrons. The van der Waals surface area contributed by atoms with Crippen LogP contribution >= 0.6 is 0 Å². The van der Waals surface area contributed by atoms with Crippen molar-refractivity contribution in [1.82, 2.24) is 18.3 Å². The Morgan fingerprint density at radius 1 is 0.357 bits per heavy atom. The van der Waals surface area contributed by atoms with Crippen LogP contribution in [0.25, 0.3) is 111 Å². The normalized spacial score (nSPS) is 15.9. The molecule has 0 amide bonds. The van der Waals surface area contributed by atoms with Crippen LogP contribution in [0.1, 0.15) is 23.7 Å². The average molecular weight is 895 g/mol. The van der Waals surface area contributed by atoms with Crippen LogP contribution in [0.15, 0.2) is 242 Å². The first kappa shape index (κ1) is 39.2. The van der Waals surface area contributed by atoms with Gasteiger partial charge >= 0.3 is 0 Å². The van der Waals surface area contributed by atoms with Gasteiger partial charge in [0.05, 0.1) is 33.6 Å². The Labute approximate surface area is 405 Å². The summed E-state index contributed by atoms with van der Waals surface area (Å²) < 4.78 is 9.91. The summed E-state index contributed by atoms with van der Waals surface area (Å²) in [6, 6.07) is 78.5. The maximum atomic E-state index is 2.56. The van der Waals surface area contributed by atoms with Crippen LogP contribution in [-0.4, -0.2) is 18.3 Å². The Hall–Kier alpha value is -8.86. The largest absolute Gasteiger partial charge is 0.333 e. The fraction of sp³-hybridized carbons (Fsp3) is 0.0606. The number of fused-ring (bicyclic) bond motifs is 12. The van der Waals surface area contributed by atoms with E-state index in [-0.39, 0.29) is 12.0 Å². The van der Waals surface area contributed by atoms with E-state index < -0.39 is 0 Å². The molecule has 0 saturated carbocycles. The standard InChI is InChI=1S/C66H46N4/c1-7-28-59-51(22-1)52-23-2-8-29-60(52)67(59)47-18-13-16-43(38-47)45-34-36-65-57(40-45)55-26-5-11-32-63(55)69(65)49-20-15-21-50(42-49)70-64-33-12-6-27-56(64)58-41-46(35-37-66(58)70)44-17-14-19-48(39-44)68-61-30-9-3-24-53(61)54-25-4-10-31-62(54)68/h1-18,20-40,42,46,48H,19,41H2. The molecule has 15 rings (SSSR count). The number of rotatable bonds is 6. The van der Waals surface area contributed by atoms with Gasteiger partial charge in [0.25, 0.3) is 0 Å². The lowest BCUT2D eigenvalue weighted by molar-refractivity contribution is 0.626. The van der Waals surface area contributed by atoms with E-state index in [1.165, 1.54) is 104 Å². The SMILES string of the molecule is C1=CC(C2C=Cc3c(c4ccccc4n3-c3cccc(-n4c5ccccc5c5cc(-c6cccc(-n7c8ccccc8c8ccccc87)c6)ccc54)c3)C2)=CC(n2c3ccccc3c3ccccc32)C1. The number of hydrogen-bond donors (Lipinski definition) is 0. The van der Waals surface area contributed by atoms with Crippen LogP contribution in [0.3, 0.4) is 0 Å². The molecule has 4 nitrogen and oxygen atoms in total. The molecule has 13 aromatic rings. The maximum Gasteiger partial charge on any atom is 0.0563 e. The Morgan fingerprint density at radius 3 is 1.46 bits per heavy atom. The third-order valence-electron chi connectivity index (χ3n) is 15.4. The van der Waals surface area contributed by atoms with Crippen molar-refractivity contribution in [3.8, 4) is 28.2 Å². The molecule has 0 saturated heterocycles. The van der Waals surface area contributed by atoms with Gasteiger partial charge in [-0.3, -0.25) is 0 Å². The van der Waals surface area contributed by atoms with Crippen molar-refractivity contribution < 1.29 is 0 Å². The maximum absolute atomic E-state index is 2.56. The van der Waals surface area contributed by atoms with Gasteiger partial charge in [0.1, 0.15) is 0 Å². The molecule has 2 unspecified atom stereocenters. The van der Waals surface area contributed by atoms with Crippen molar-refractivity contribution >= 4 is 82.4 Å². The minimum absolute atomic E-state index is 0.250.